The number of esters is 1. The molecule has 3 aromatic rings. The first-order valence-electron chi connectivity index (χ1n) is 8.49. The highest BCUT2D eigenvalue weighted by Crippen LogP contribution is 2.29. The Hall–Kier alpha value is -3.87. The number of hydrogen-bond acceptors (Lipinski definition) is 5. The van der Waals surface area contributed by atoms with Crippen LogP contribution in [0.25, 0.3) is 10.8 Å². The van der Waals surface area contributed by atoms with E-state index >= 15 is 0 Å². The van der Waals surface area contributed by atoms with Gasteiger partial charge in [-0.05, 0) is 42.6 Å². The van der Waals surface area contributed by atoms with Crippen molar-refractivity contribution in [1.29, 1.82) is 0 Å². The number of phenols is 1. The molecule has 0 saturated heterocycles. The van der Waals surface area contributed by atoms with Gasteiger partial charge in [0.25, 0.3) is 5.91 Å². The molecule has 0 fully saturated rings. The van der Waals surface area contributed by atoms with Gasteiger partial charge in [0.2, 0.25) is 5.91 Å². The summed E-state index contributed by atoms with van der Waals surface area (Å²) in [6.45, 7) is 1.42. The van der Waals surface area contributed by atoms with Crippen LogP contribution in [0.4, 0.5) is 5.69 Å². The molecule has 2 amide bonds. The summed E-state index contributed by atoms with van der Waals surface area (Å²) in [6, 6.07) is 16.2. The fourth-order valence-corrected chi connectivity index (χ4v) is 2.66. The van der Waals surface area contributed by atoms with Crippen LogP contribution in [0.15, 0.2) is 60.7 Å². The van der Waals surface area contributed by atoms with Crippen molar-refractivity contribution in [3.63, 3.8) is 0 Å². The molecule has 28 heavy (non-hydrogen) atoms. The van der Waals surface area contributed by atoms with Crippen molar-refractivity contribution in [1.82, 2.24) is 0 Å². The number of aromatic hydroxyl groups is 1. The summed E-state index contributed by atoms with van der Waals surface area (Å²) in [5.74, 6) is -2.14. The molecule has 0 unspecified atom stereocenters. The lowest BCUT2D eigenvalue weighted by molar-refractivity contribution is -0.123. The lowest BCUT2D eigenvalue weighted by Crippen LogP contribution is -2.30. The number of phenolic OH excluding ortho intramolecular Hbond substituents is 1. The van der Waals surface area contributed by atoms with E-state index in [1.165, 1.54) is 37.3 Å². The molecule has 0 heterocycles. The lowest BCUT2D eigenvalue weighted by atomic mass is 10.1. The third-order valence-electron chi connectivity index (χ3n) is 4.21. The normalized spacial score (nSPS) is 11.6. The van der Waals surface area contributed by atoms with Crippen molar-refractivity contribution in [3.8, 4) is 5.75 Å². The third kappa shape index (κ3) is 3.93. The summed E-state index contributed by atoms with van der Waals surface area (Å²) in [6.07, 6.45) is -1.10. The molecule has 0 aliphatic heterocycles. The van der Waals surface area contributed by atoms with Crippen LogP contribution >= 0.6 is 0 Å². The van der Waals surface area contributed by atoms with Crippen molar-refractivity contribution in [2.24, 2.45) is 5.73 Å². The number of ether oxygens (including phenoxy) is 1. The first-order valence-corrected chi connectivity index (χ1v) is 8.49. The predicted octanol–water partition coefficient (Wildman–Crippen LogP) is 2.83. The molecule has 7 heteroatoms. The number of anilines is 1. The highest BCUT2D eigenvalue weighted by atomic mass is 16.5. The minimum absolute atomic E-state index is 0.0239. The van der Waals surface area contributed by atoms with Gasteiger partial charge >= 0.3 is 5.97 Å². The number of hydrogen-bond donors (Lipinski definition) is 3. The maximum atomic E-state index is 12.4. The average Bonchev–Trinajstić information content (AvgIpc) is 2.68. The molecule has 3 aromatic carbocycles. The van der Waals surface area contributed by atoms with Crippen LogP contribution in [0.1, 0.15) is 27.6 Å². The van der Waals surface area contributed by atoms with Gasteiger partial charge in [-0.2, -0.15) is 0 Å². The number of rotatable bonds is 5. The third-order valence-corrected chi connectivity index (χ3v) is 4.21. The molecular formula is C21H18N2O5. The lowest BCUT2D eigenvalue weighted by Gasteiger charge is -2.14. The Bertz CT molecular complexity index is 1060. The summed E-state index contributed by atoms with van der Waals surface area (Å²) < 4.78 is 5.18. The van der Waals surface area contributed by atoms with Gasteiger partial charge in [-0.1, -0.05) is 30.3 Å². The minimum Gasteiger partial charge on any atom is -0.506 e. The van der Waals surface area contributed by atoms with E-state index in [1.54, 1.807) is 18.2 Å². The molecule has 0 aliphatic rings. The summed E-state index contributed by atoms with van der Waals surface area (Å²) in [5, 5.41) is 14.2. The molecule has 3 rings (SSSR count). The van der Waals surface area contributed by atoms with Crippen molar-refractivity contribution < 1.29 is 24.2 Å². The summed E-state index contributed by atoms with van der Waals surface area (Å²) in [4.78, 5) is 35.7. The number of carbonyl (C=O) groups excluding carboxylic acids is 3. The van der Waals surface area contributed by atoms with E-state index in [0.717, 1.165) is 5.39 Å². The van der Waals surface area contributed by atoms with Crippen molar-refractivity contribution in [3.05, 3.63) is 71.8 Å². The van der Waals surface area contributed by atoms with Gasteiger partial charge in [0, 0.05) is 16.6 Å². The van der Waals surface area contributed by atoms with E-state index in [1.807, 2.05) is 12.1 Å². The standard InChI is InChI=1S/C21H18N2O5/c1-12(20(26)23-15-9-6-14(7-10-15)19(22)25)28-21(27)17-11-8-13-4-2-3-5-16(13)18(17)24/h2-12,24H,1H3,(H2,22,25)(H,23,26)/t12-/m0/s1. The first kappa shape index (κ1) is 18.9. The molecule has 0 bridgehead atoms. The van der Waals surface area contributed by atoms with Crippen LogP contribution < -0.4 is 11.1 Å². The second-order valence-corrected chi connectivity index (χ2v) is 6.16. The zero-order valence-corrected chi connectivity index (χ0v) is 15.0. The molecule has 4 N–H and O–H groups in total. The number of nitrogens with one attached hydrogen (secondary N) is 1. The van der Waals surface area contributed by atoms with Gasteiger partial charge in [-0.3, -0.25) is 9.59 Å². The van der Waals surface area contributed by atoms with E-state index in [-0.39, 0.29) is 11.3 Å². The molecule has 0 saturated carbocycles. The minimum atomic E-state index is -1.10. The van der Waals surface area contributed by atoms with Gasteiger partial charge in [0.1, 0.15) is 11.3 Å². The van der Waals surface area contributed by atoms with E-state index in [2.05, 4.69) is 5.32 Å². The van der Waals surface area contributed by atoms with Gasteiger partial charge in [-0.25, -0.2) is 4.79 Å². The number of primary amides is 1. The topological polar surface area (TPSA) is 119 Å². The van der Waals surface area contributed by atoms with Crippen LogP contribution in [0, 0.1) is 0 Å². The van der Waals surface area contributed by atoms with Crippen LogP contribution in [0.5, 0.6) is 5.75 Å². The smallest absolute Gasteiger partial charge is 0.342 e. The number of nitrogens with two attached hydrogens (primary N) is 1. The van der Waals surface area contributed by atoms with Gasteiger partial charge < -0.3 is 20.9 Å². The fourth-order valence-electron chi connectivity index (χ4n) is 2.66. The summed E-state index contributed by atoms with van der Waals surface area (Å²) in [7, 11) is 0. The Morgan fingerprint density at radius 1 is 1.00 bits per heavy atom. The van der Waals surface area contributed by atoms with Crippen LogP contribution in [0.2, 0.25) is 0 Å². The average molecular weight is 378 g/mol. The molecule has 142 valence electrons. The monoisotopic (exact) mass is 378 g/mol. The highest BCUT2D eigenvalue weighted by Gasteiger charge is 2.22. The quantitative estimate of drug-likeness (QED) is 0.590. The maximum absolute atomic E-state index is 12.4. The molecule has 0 spiro atoms. The molecule has 7 nitrogen and oxygen atoms in total. The number of benzene rings is 3. The predicted molar refractivity (Wildman–Crippen MR) is 104 cm³/mol. The summed E-state index contributed by atoms with van der Waals surface area (Å²) >= 11 is 0. The van der Waals surface area contributed by atoms with Crippen molar-refractivity contribution in [2.45, 2.75) is 13.0 Å². The Kier molecular flexibility index (Phi) is 5.26. The number of fused-ring (bicyclic) bond motifs is 1. The van der Waals surface area contributed by atoms with E-state index in [9.17, 15) is 19.5 Å². The van der Waals surface area contributed by atoms with Gasteiger partial charge in [-0.15, -0.1) is 0 Å². The Labute approximate surface area is 160 Å². The van der Waals surface area contributed by atoms with Crippen LogP contribution in [-0.4, -0.2) is 29.0 Å². The van der Waals surface area contributed by atoms with E-state index in [4.69, 9.17) is 10.5 Å². The second-order valence-electron chi connectivity index (χ2n) is 6.16. The zero-order valence-electron chi connectivity index (χ0n) is 15.0. The fraction of sp³-hybridized carbons (Fsp3) is 0.0952. The van der Waals surface area contributed by atoms with E-state index in [0.29, 0.717) is 16.6 Å². The maximum Gasteiger partial charge on any atom is 0.342 e. The molecule has 0 aliphatic carbocycles. The van der Waals surface area contributed by atoms with Crippen molar-refractivity contribution >= 4 is 34.2 Å². The summed E-state index contributed by atoms with van der Waals surface area (Å²) in [5.41, 5.74) is 5.87. The molecule has 0 aromatic heterocycles. The second kappa shape index (κ2) is 7.79. The Morgan fingerprint density at radius 3 is 2.36 bits per heavy atom. The Balaban J connectivity index is 1.69. The Morgan fingerprint density at radius 2 is 1.68 bits per heavy atom. The van der Waals surface area contributed by atoms with Gasteiger partial charge in [0.15, 0.2) is 6.10 Å². The SMILES string of the molecule is C[C@H](OC(=O)c1ccc2ccccc2c1O)C(=O)Nc1ccc(C(N)=O)cc1. The number of amides is 2. The highest BCUT2D eigenvalue weighted by molar-refractivity contribution is 6.03. The van der Waals surface area contributed by atoms with Crippen LogP contribution in [-0.2, 0) is 9.53 Å². The van der Waals surface area contributed by atoms with E-state index < -0.39 is 23.9 Å². The first-order chi connectivity index (χ1) is 13.4. The molecule has 0 radical (unpaired) electrons. The van der Waals surface area contributed by atoms with Crippen LogP contribution in [0.3, 0.4) is 0 Å². The molecule has 1 atom stereocenters. The number of carbonyl (C=O) groups is 3. The molecular weight excluding hydrogens is 360 g/mol. The van der Waals surface area contributed by atoms with Gasteiger partial charge in [0.05, 0.1) is 0 Å². The largest absolute Gasteiger partial charge is 0.506 e. The van der Waals surface area contributed by atoms with Crippen molar-refractivity contribution in [2.75, 3.05) is 5.32 Å². The zero-order chi connectivity index (χ0) is 20.3.